The van der Waals surface area contributed by atoms with E-state index in [-0.39, 0.29) is 12.0 Å². The molecule has 0 saturated carbocycles. The van der Waals surface area contributed by atoms with Crippen LogP contribution in [-0.4, -0.2) is 49.5 Å². The predicted octanol–water partition coefficient (Wildman–Crippen LogP) is 5.06. The van der Waals surface area contributed by atoms with Gasteiger partial charge in [-0.15, -0.1) is 0 Å². The van der Waals surface area contributed by atoms with E-state index in [1.807, 2.05) is 68.5 Å². The van der Waals surface area contributed by atoms with Crippen LogP contribution in [0.5, 0.6) is 0 Å². The van der Waals surface area contributed by atoms with Crippen molar-refractivity contribution in [1.82, 2.24) is 0 Å². The lowest BCUT2D eigenvalue weighted by Crippen LogP contribution is -2.63. The second-order valence-corrected chi connectivity index (χ2v) is 13.7. The zero-order valence-corrected chi connectivity index (χ0v) is 22.4. The summed E-state index contributed by atoms with van der Waals surface area (Å²) in [5.74, 6) is -1.53. The summed E-state index contributed by atoms with van der Waals surface area (Å²) in [6.07, 6.45) is 2.09. The van der Waals surface area contributed by atoms with Gasteiger partial charge in [0.2, 0.25) is 6.08 Å². The molecule has 0 aromatic heterocycles. The number of aliphatic carboxylic acids is 1. The minimum atomic E-state index is -1.80. The van der Waals surface area contributed by atoms with Crippen molar-refractivity contribution in [2.75, 3.05) is 0 Å². The van der Waals surface area contributed by atoms with Crippen molar-refractivity contribution >= 4 is 21.1 Å². The van der Waals surface area contributed by atoms with E-state index >= 15 is 0 Å². The molecule has 1 unspecified atom stereocenters. The van der Waals surface area contributed by atoms with Crippen LogP contribution in [0.3, 0.4) is 0 Å². The Hall–Kier alpha value is -1.01. The number of carbonyl (C=O) groups excluding carboxylic acids is 1. The van der Waals surface area contributed by atoms with E-state index in [4.69, 9.17) is 9.16 Å². The van der Waals surface area contributed by atoms with Crippen LogP contribution < -0.4 is 0 Å². The van der Waals surface area contributed by atoms with Gasteiger partial charge in [-0.2, -0.15) is 4.99 Å². The first-order chi connectivity index (χ1) is 13.4. The van der Waals surface area contributed by atoms with Gasteiger partial charge in [0.15, 0.2) is 14.6 Å². The summed E-state index contributed by atoms with van der Waals surface area (Å²) in [5.41, 5.74) is -2.45. The smallest absolute Gasteiger partial charge is 0.337 e. The van der Waals surface area contributed by atoms with E-state index in [0.29, 0.717) is 5.92 Å². The highest BCUT2D eigenvalue weighted by Gasteiger charge is 2.57. The number of ether oxygens (including phenoxy) is 1. The standard InChI is InChI=1S/C23H45NO5Si/c1-15(2)13-17(28-22(8,9)10)18(21(5,6)7)19(24-14-25)23(16(3)4,20(26)27)29-30(11)12/h15-19,30H,13H2,1-12H3,(H,26,27)/t17-,18+,19?,23-/m0/s1. The molecule has 7 heteroatoms. The number of nitrogens with zero attached hydrogens (tertiary/aromatic N) is 1. The Bertz CT molecular complexity index is 600. The summed E-state index contributed by atoms with van der Waals surface area (Å²) >= 11 is 0. The summed E-state index contributed by atoms with van der Waals surface area (Å²) in [6, 6.07) is -0.923. The van der Waals surface area contributed by atoms with Crippen LogP contribution >= 0.6 is 0 Å². The summed E-state index contributed by atoms with van der Waals surface area (Å²) in [6.45, 7) is 23.8. The molecule has 0 aliphatic carbocycles. The van der Waals surface area contributed by atoms with E-state index in [0.717, 1.165) is 6.42 Å². The number of carboxylic acids is 1. The first-order valence-electron chi connectivity index (χ1n) is 11.1. The summed E-state index contributed by atoms with van der Waals surface area (Å²) in [4.78, 5) is 28.5. The molecular formula is C23H45NO5Si. The molecule has 0 heterocycles. The highest BCUT2D eigenvalue weighted by Crippen LogP contribution is 2.45. The molecule has 0 aliphatic heterocycles. The molecule has 0 amide bonds. The fraction of sp³-hybridized carbons (Fsp3) is 0.913. The Morgan fingerprint density at radius 3 is 1.83 bits per heavy atom. The van der Waals surface area contributed by atoms with Crippen LogP contribution in [-0.2, 0) is 18.8 Å². The lowest BCUT2D eigenvalue weighted by molar-refractivity contribution is -0.175. The molecule has 176 valence electrons. The lowest BCUT2D eigenvalue weighted by atomic mass is 9.65. The van der Waals surface area contributed by atoms with Gasteiger partial charge >= 0.3 is 5.97 Å². The van der Waals surface area contributed by atoms with Crippen LogP contribution in [0.15, 0.2) is 4.99 Å². The van der Waals surface area contributed by atoms with Gasteiger partial charge in [-0.25, -0.2) is 9.59 Å². The van der Waals surface area contributed by atoms with Crippen molar-refractivity contribution in [3.05, 3.63) is 0 Å². The van der Waals surface area contributed by atoms with E-state index in [1.54, 1.807) is 6.08 Å². The molecule has 0 aromatic rings. The second-order valence-electron chi connectivity index (χ2n) is 11.4. The topological polar surface area (TPSA) is 85.2 Å². The third-order valence-corrected chi connectivity index (χ3v) is 6.06. The van der Waals surface area contributed by atoms with Crippen molar-refractivity contribution in [2.24, 2.45) is 28.2 Å². The Balaban J connectivity index is 6.99. The Morgan fingerprint density at radius 2 is 1.57 bits per heavy atom. The lowest BCUT2D eigenvalue weighted by Gasteiger charge is -2.49. The molecule has 0 aliphatic rings. The average Bonchev–Trinajstić information content (AvgIpc) is 2.47. The van der Waals surface area contributed by atoms with Crippen molar-refractivity contribution in [3.8, 4) is 0 Å². The molecular weight excluding hydrogens is 398 g/mol. The van der Waals surface area contributed by atoms with Gasteiger partial charge in [0.1, 0.15) is 6.04 Å². The van der Waals surface area contributed by atoms with Crippen molar-refractivity contribution in [3.63, 3.8) is 0 Å². The fourth-order valence-electron chi connectivity index (χ4n) is 4.28. The van der Waals surface area contributed by atoms with Crippen molar-refractivity contribution in [1.29, 1.82) is 0 Å². The highest BCUT2D eigenvalue weighted by atomic mass is 28.3. The number of carboxylic acid groups (broad SMARTS) is 1. The number of carbonyl (C=O) groups is 1. The largest absolute Gasteiger partial charge is 0.479 e. The summed E-state index contributed by atoms with van der Waals surface area (Å²) in [7, 11) is -1.80. The maximum atomic E-state index is 12.7. The van der Waals surface area contributed by atoms with E-state index in [9.17, 15) is 14.7 Å². The third-order valence-electron chi connectivity index (χ3n) is 5.20. The number of isocyanates is 1. The quantitative estimate of drug-likeness (QED) is 0.274. The Morgan fingerprint density at radius 1 is 1.07 bits per heavy atom. The summed E-state index contributed by atoms with van der Waals surface area (Å²) < 4.78 is 12.7. The van der Waals surface area contributed by atoms with Gasteiger partial charge in [0.05, 0.1) is 11.7 Å². The SMILES string of the molecule is CC(C)C[C@H](OC(C)(C)C)[C@H](C(N=C=O)[C@](O[SiH](C)C)(C(=O)O)C(C)C)C(C)(C)C. The van der Waals surface area contributed by atoms with Gasteiger partial charge in [0.25, 0.3) is 0 Å². The maximum absolute atomic E-state index is 12.7. The van der Waals surface area contributed by atoms with Crippen LogP contribution in [0.1, 0.15) is 75.7 Å². The maximum Gasteiger partial charge on any atom is 0.337 e. The molecule has 1 N–H and O–H groups in total. The van der Waals surface area contributed by atoms with Gasteiger partial charge in [-0.05, 0) is 57.5 Å². The van der Waals surface area contributed by atoms with E-state index < -0.39 is 43.6 Å². The zero-order valence-electron chi connectivity index (χ0n) is 21.2. The highest BCUT2D eigenvalue weighted by molar-refractivity contribution is 6.48. The van der Waals surface area contributed by atoms with E-state index in [1.165, 1.54) is 0 Å². The minimum absolute atomic E-state index is 0.304. The predicted molar refractivity (Wildman–Crippen MR) is 124 cm³/mol. The molecule has 0 rings (SSSR count). The first kappa shape index (κ1) is 29.0. The molecule has 30 heavy (non-hydrogen) atoms. The molecule has 4 atom stereocenters. The molecule has 0 saturated heterocycles. The molecule has 0 bridgehead atoms. The molecule has 0 spiro atoms. The van der Waals surface area contributed by atoms with Gasteiger partial charge < -0.3 is 14.3 Å². The average molecular weight is 444 g/mol. The Kier molecular flexibility index (Phi) is 10.7. The van der Waals surface area contributed by atoms with E-state index in [2.05, 4.69) is 18.8 Å². The normalized spacial score (nSPS) is 18.1. The zero-order chi connectivity index (χ0) is 24.1. The number of rotatable bonds is 11. The van der Waals surface area contributed by atoms with Crippen molar-refractivity contribution < 1.29 is 23.9 Å². The van der Waals surface area contributed by atoms with Gasteiger partial charge in [0, 0.05) is 5.92 Å². The monoisotopic (exact) mass is 443 g/mol. The fourth-order valence-corrected chi connectivity index (χ4v) is 5.57. The molecule has 0 aromatic carbocycles. The molecule has 6 nitrogen and oxygen atoms in total. The van der Waals surface area contributed by atoms with Crippen molar-refractivity contribution in [2.45, 2.75) is 112 Å². The Labute approximate surface area is 185 Å². The molecule has 0 radical (unpaired) electrons. The number of hydrogen-bond donors (Lipinski definition) is 1. The van der Waals surface area contributed by atoms with Crippen LogP contribution in [0.2, 0.25) is 13.1 Å². The summed E-state index contributed by atoms with van der Waals surface area (Å²) in [5, 5.41) is 10.4. The minimum Gasteiger partial charge on any atom is -0.479 e. The molecule has 0 fully saturated rings. The van der Waals surface area contributed by atoms with Gasteiger partial charge in [-0.3, -0.25) is 0 Å². The first-order valence-corrected chi connectivity index (χ1v) is 13.8. The van der Waals surface area contributed by atoms with Gasteiger partial charge in [-0.1, -0.05) is 48.5 Å². The van der Waals surface area contributed by atoms with Crippen LogP contribution in [0, 0.1) is 23.2 Å². The van der Waals surface area contributed by atoms with Crippen LogP contribution in [0.4, 0.5) is 0 Å². The second kappa shape index (κ2) is 11.0. The number of hydrogen-bond acceptors (Lipinski definition) is 5. The number of aliphatic imine (C=N–C) groups is 1. The third kappa shape index (κ3) is 7.91. The van der Waals surface area contributed by atoms with Crippen LogP contribution in [0.25, 0.3) is 0 Å².